The molecule has 1 N–H and O–H groups in total. The van der Waals surface area contributed by atoms with E-state index in [2.05, 4.69) is 15.2 Å². The maximum absolute atomic E-state index is 13.1. The Bertz CT molecular complexity index is 645. The van der Waals surface area contributed by atoms with Crippen LogP contribution in [0.25, 0.3) is 5.69 Å². The lowest BCUT2D eigenvalue weighted by Crippen LogP contribution is -2.18. The lowest BCUT2D eigenvalue weighted by atomic mass is 10.2. The molecule has 0 spiro atoms. The highest BCUT2D eigenvalue weighted by molar-refractivity contribution is 5.51. The lowest BCUT2D eigenvalue weighted by Gasteiger charge is -2.18. The van der Waals surface area contributed by atoms with Crippen molar-refractivity contribution in [1.29, 1.82) is 0 Å². The number of hydrogen-bond donors (Lipinski definition) is 1. The van der Waals surface area contributed by atoms with Crippen molar-refractivity contribution in [1.82, 2.24) is 15.0 Å². The van der Waals surface area contributed by atoms with Crippen molar-refractivity contribution in [2.24, 2.45) is 0 Å². The first kappa shape index (κ1) is 14.8. The van der Waals surface area contributed by atoms with Crippen molar-refractivity contribution in [2.45, 2.75) is 25.6 Å². The van der Waals surface area contributed by atoms with E-state index < -0.39 is 24.2 Å². The maximum atomic E-state index is 13.1. The summed E-state index contributed by atoms with van der Waals surface area (Å²) in [7, 11) is 0. The van der Waals surface area contributed by atoms with Gasteiger partial charge in [0.05, 0.1) is 12.3 Å². The molecule has 0 saturated carbocycles. The predicted octanol–water partition coefficient (Wildman–Crippen LogP) is 2.38. The summed E-state index contributed by atoms with van der Waals surface area (Å²) < 4.78 is 40.1. The monoisotopic (exact) mass is 312 g/mol. The minimum absolute atomic E-state index is 0.266. The van der Waals surface area contributed by atoms with Gasteiger partial charge in [-0.2, -0.15) is 13.2 Å². The van der Waals surface area contributed by atoms with E-state index in [0.29, 0.717) is 0 Å². The zero-order valence-electron chi connectivity index (χ0n) is 11.7. The highest BCUT2D eigenvalue weighted by Crippen LogP contribution is 2.33. The van der Waals surface area contributed by atoms with Crippen molar-refractivity contribution in [3.63, 3.8) is 0 Å². The van der Waals surface area contributed by atoms with E-state index in [9.17, 15) is 13.2 Å². The molecule has 1 aromatic carbocycles. The average Bonchev–Trinajstić information content (AvgIpc) is 3.16. The summed E-state index contributed by atoms with van der Waals surface area (Å²) in [5, 5.41) is 15.9. The third kappa shape index (κ3) is 2.66. The molecule has 3 rings (SSSR count). The zero-order valence-corrected chi connectivity index (χ0v) is 11.7. The molecule has 1 aromatic heterocycles. The molecular weight excluding hydrogens is 297 g/mol. The van der Waals surface area contributed by atoms with E-state index in [1.54, 1.807) is 24.3 Å². The van der Waals surface area contributed by atoms with Gasteiger partial charge in [-0.25, -0.2) is 4.68 Å². The zero-order chi connectivity index (χ0) is 15.7. The number of aromatic nitrogens is 3. The van der Waals surface area contributed by atoms with Gasteiger partial charge in [0.15, 0.2) is 5.69 Å². The van der Waals surface area contributed by atoms with E-state index in [1.165, 1.54) is 0 Å². The fraction of sp³-hybridized carbons (Fsp3) is 0.429. The van der Waals surface area contributed by atoms with Crippen molar-refractivity contribution in [3.8, 4) is 5.69 Å². The number of nitrogens with zero attached hydrogens (tertiary/aromatic N) is 4. The molecular formula is C14H15F3N4O. The maximum Gasteiger partial charge on any atom is 0.435 e. The fourth-order valence-corrected chi connectivity index (χ4v) is 2.66. The molecule has 118 valence electrons. The molecule has 0 radical (unpaired) electrons. The van der Waals surface area contributed by atoms with Crippen molar-refractivity contribution in [2.75, 3.05) is 18.0 Å². The van der Waals surface area contributed by atoms with E-state index in [-0.39, 0.29) is 5.69 Å². The molecule has 8 heteroatoms. The largest absolute Gasteiger partial charge is 0.435 e. The van der Waals surface area contributed by atoms with Crippen molar-refractivity contribution in [3.05, 3.63) is 35.7 Å². The molecule has 22 heavy (non-hydrogen) atoms. The summed E-state index contributed by atoms with van der Waals surface area (Å²) in [4.78, 5) is 2.19. The quantitative estimate of drug-likeness (QED) is 0.945. The van der Waals surface area contributed by atoms with Gasteiger partial charge < -0.3 is 10.0 Å². The Morgan fingerprint density at radius 2 is 1.64 bits per heavy atom. The molecule has 1 saturated heterocycles. The Kier molecular flexibility index (Phi) is 3.78. The third-order valence-electron chi connectivity index (χ3n) is 3.72. The summed E-state index contributed by atoms with van der Waals surface area (Å²) >= 11 is 0. The van der Waals surface area contributed by atoms with Gasteiger partial charge in [0.25, 0.3) is 0 Å². The molecule has 5 nitrogen and oxygen atoms in total. The summed E-state index contributed by atoms with van der Waals surface area (Å²) in [6, 6.07) is 6.72. The number of anilines is 1. The number of benzene rings is 1. The van der Waals surface area contributed by atoms with E-state index in [1.807, 2.05) is 0 Å². The fourth-order valence-electron chi connectivity index (χ4n) is 2.66. The smallest absolute Gasteiger partial charge is 0.390 e. The van der Waals surface area contributed by atoms with E-state index >= 15 is 0 Å². The standard InChI is InChI=1S/C14H15F3N4O/c15-14(16,17)13-12(9-22)18-19-21(13)11-5-3-10(4-6-11)20-7-1-2-8-20/h3-6,22H,1-2,7-9H2. The first-order valence-electron chi connectivity index (χ1n) is 6.98. The van der Waals surface area contributed by atoms with Crippen LogP contribution in [0.5, 0.6) is 0 Å². The van der Waals surface area contributed by atoms with Gasteiger partial charge in [-0.05, 0) is 37.1 Å². The van der Waals surface area contributed by atoms with Crippen molar-refractivity contribution < 1.29 is 18.3 Å². The minimum Gasteiger partial charge on any atom is -0.390 e. The van der Waals surface area contributed by atoms with Gasteiger partial charge in [0.2, 0.25) is 0 Å². The van der Waals surface area contributed by atoms with Crippen LogP contribution < -0.4 is 4.90 Å². The highest BCUT2D eigenvalue weighted by atomic mass is 19.4. The summed E-state index contributed by atoms with van der Waals surface area (Å²) in [5.74, 6) is 0. The van der Waals surface area contributed by atoms with Crippen LogP contribution in [-0.4, -0.2) is 33.2 Å². The normalized spacial score (nSPS) is 15.5. The second-order valence-corrected chi connectivity index (χ2v) is 5.16. The van der Waals surface area contributed by atoms with E-state index in [0.717, 1.165) is 36.3 Å². The molecule has 2 aromatic rings. The van der Waals surface area contributed by atoms with Crippen LogP contribution in [0.15, 0.2) is 24.3 Å². The molecule has 0 aliphatic carbocycles. The number of alkyl halides is 3. The second kappa shape index (κ2) is 5.60. The molecule has 1 aliphatic heterocycles. The number of aliphatic hydroxyl groups is 1. The Labute approximate surface area is 125 Å². The summed E-state index contributed by atoms with van der Waals surface area (Å²) in [5.41, 5.74) is -0.264. The summed E-state index contributed by atoms with van der Waals surface area (Å²) in [6.07, 6.45) is -2.37. The SMILES string of the molecule is OCc1nnn(-c2ccc(N3CCCC3)cc2)c1C(F)(F)F. The number of aliphatic hydroxyl groups excluding tert-OH is 1. The van der Waals surface area contributed by atoms with Crippen LogP contribution in [0.2, 0.25) is 0 Å². The highest BCUT2D eigenvalue weighted by Gasteiger charge is 2.39. The van der Waals surface area contributed by atoms with Crippen LogP contribution in [0, 0.1) is 0 Å². The van der Waals surface area contributed by atoms with Crippen molar-refractivity contribution >= 4 is 5.69 Å². The first-order chi connectivity index (χ1) is 10.5. The van der Waals surface area contributed by atoms with E-state index in [4.69, 9.17) is 5.11 Å². The van der Waals surface area contributed by atoms with Gasteiger partial charge in [0.1, 0.15) is 5.69 Å². The third-order valence-corrected chi connectivity index (χ3v) is 3.72. The molecule has 0 amide bonds. The molecule has 0 atom stereocenters. The van der Waals surface area contributed by atoms with Gasteiger partial charge >= 0.3 is 6.18 Å². The second-order valence-electron chi connectivity index (χ2n) is 5.16. The topological polar surface area (TPSA) is 54.2 Å². The number of halogens is 3. The van der Waals surface area contributed by atoms with Crippen LogP contribution in [0.3, 0.4) is 0 Å². The van der Waals surface area contributed by atoms with Crippen LogP contribution >= 0.6 is 0 Å². The predicted molar refractivity (Wildman–Crippen MR) is 73.7 cm³/mol. The molecule has 0 unspecified atom stereocenters. The minimum atomic E-state index is -4.63. The molecule has 1 aliphatic rings. The van der Waals surface area contributed by atoms with Gasteiger partial charge in [-0.1, -0.05) is 5.21 Å². The average molecular weight is 312 g/mol. The van der Waals surface area contributed by atoms with Crippen LogP contribution in [0.1, 0.15) is 24.2 Å². The van der Waals surface area contributed by atoms with Crippen LogP contribution in [0.4, 0.5) is 18.9 Å². The Morgan fingerprint density at radius 3 is 2.18 bits per heavy atom. The molecule has 2 heterocycles. The van der Waals surface area contributed by atoms with Gasteiger partial charge in [0, 0.05) is 18.8 Å². The Balaban J connectivity index is 1.96. The molecule has 0 bridgehead atoms. The Morgan fingerprint density at radius 1 is 1.05 bits per heavy atom. The van der Waals surface area contributed by atoms with Gasteiger partial charge in [-0.3, -0.25) is 0 Å². The Hall–Kier alpha value is -2.09. The summed E-state index contributed by atoms with van der Waals surface area (Å²) in [6.45, 7) is 1.12. The number of hydrogen-bond acceptors (Lipinski definition) is 4. The lowest BCUT2D eigenvalue weighted by molar-refractivity contribution is -0.143. The molecule has 1 fully saturated rings. The van der Waals surface area contributed by atoms with Gasteiger partial charge in [-0.15, -0.1) is 5.10 Å². The first-order valence-corrected chi connectivity index (χ1v) is 6.98. The van der Waals surface area contributed by atoms with Crippen LogP contribution in [-0.2, 0) is 12.8 Å². The number of rotatable bonds is 3.